The summed E-state index contributed by atoms with van der Waals surface area (Å²) >= 11 is 0. The third kappa shape index (κ3) is 3.22. The summed E-state index contributed by atoms with van der Waals surface area (Å²) in [6.07, 6.45) is 6.39. The summed E-state index contributed by atoms with van der Waals surface area (Å²) in [5.74, 6) is 0.0657. The first-order valence-electron chi connectivity index (χ1n) is 8.88. The molecule has 1 aromatic heterocycles. The second-order valence-electron chi connectivity index (χ2n) is 8.28. The number of amides is 1. The molecule has 0 saturated carbocycles. The van der Waals surface area contributed by atoms with Crippen molar-refractivity contribution in [3.05, 3.63) is 18.0 Å². The number of aliphatic hydroxyl groups is 1. The number of nitrogens with zero attached hydrogens (tertiary/aromatic N) is 4. The standard InChI is InChI=1S/C18H30N4O2/c1-14(23)22-13-18(9-16(24)17(22,2)3)5-7-21(8-6-18)12-15-10-19-20(4)11-15/h10-11,16,24H,5-9,12-13H2,1-4H3. The van der Waals surface area contributed by atoms with Crippen molar-refractivity contribution in [3.8, 4) is 0 Å². The third-order valence-electron chi connectivity index (χ3n) is 6.09. The average Bonchev–Trinajstić information content (AvgIpc) is 2.91. The van der Waals surface area contributed by atoms with Gasteiger partial charge in [0.2, 0.25) is 5.91 Å². The first-order chi connectivity index (χ1) is 11.2. The zero-order valence-electron chi connectivity index (χ0n) is 15.3. The van der Waals surface area contributed by atoms with E-state index in [1.807, 2.05) is 36.7 Å². The van der Waals surface area contributed by atoms with E-state index in [2.05, 4.69) is 16.2 Å². The van der Waals surface area contributed by atoms with Crippen LogP contribution in [-0.2, 0) is 18.4 Å². The Morgan fingerprint density at radius 2 is 2.04 bits per heavy atom. The minimum absolute atomic E-state index is 0.0616. The smallest absolute Gasteiger partial charge is 0.219 e. The minimum Gasteiger partial charge on any atom is -0.391 e. The van der Waals surface area contributed by atoms with Crippen molar-refractivity contribution in [2.24, 2.45) is 12.5 Å². The van der Waals surface area contributed by atoms with E-state index in [9.17, 15) is 9.90 Å². The van der Waals surface area contributed by atoms with Crippen LogP contribution in [0.4, 0.5) is 0 Å². The zero-order valence-corrected chi connectivity index (χ0v) is 15.3. The quantitative estimate of drug-likeness (QED) is 0.888. The molecule has 6 nitrogen and oxygen atoms in total. The number of aliphatic hydroxyl groups excluding tert-OH is 1. The molecule has 2 aliphatic heterocycles. The normalized spacial score (nSPS) is 26.7. The topological polar surface area (TPSA) is 61.6 Å². The number of carbonyl (C=O) groups is 1. The van der Waals surface area contributed by atoms with Gasteiger partial charge >= 0.3 is 0 Å². The van der Waals surface area contributed by atoms with Gasteiger partial charge in [0.15, 0.2) is 0 Å². The van der Waals surface area contributed by atoms with Gasteiger partial charge in [-0.3, -0.25) is 14.4 Å². The molecule has 0 radical (unpaired) electrons. The van der Waals surface area contributed by atoms with Gasteiger partial charge < -0.3 is 10.0 Å². The second-order valence-corrected chi connectivity index (χ2v) is 8.28. The van der Waals surface area contributed by atoms with E-state index >= 15 is 0 Å². The molecule has 1 amide bonds. The number of hydrogen-bond acceptors (Lipinski definition) is 4. The highest BCUT2D eigenvalue weighted by molar-refractivity contribution is 5.74. The predicted molar refractivity (Wildman–Crippen MR) is 92.2 cm³/mol. The van der Waals surface area contributed by atoms with Crippen LogP contribution < -0.4 is 0 Å². The fourth-order valence-electron chi connectivity index (χ4n) is 4.32. The molecule has 2 saturated heterocycles. The maximum absolute atomic E-state index is 12.1. The maximum Gasteiger partial charge on any atom is 0.219 e. The lowest BCUT2D eigenvalue weighted by Gasteiger charge is -2.55. The Bertz CT molecular complexity index is 602. The monoisotopic (exact) mass is 334 g/mol. The summed E-state index contributed by atoms with van der Waals surface area (Å²) in [5, 5.41) is 14.9. The number of aromatic nitrogens is 2. The van der Waals surface area contributed by atoms with E-state index in [1.165, 1.54) is 5.56 Å². The highest BCUT2D eigenvalue weighted by atomic mass is 16.3. The van der Waals surface area contributed by atoms with E-state index < -0.39 is 11.6 Å². The van der Waals surface area contributed by atoms with Gasteiger partial charge in [0.05, 0.1) is 17.8 Å². The minimum atomic E-state index is -0.468. The molecule has 0 aliphatic carbocycles. The van der Waals surface area contributed by atoms with Crippen LogP contribution in [0.1, 0.15) is 45.6 Å². The highest BCUT2D eigenvalue weighted by Crippen LogP contribution is 2.45. The summed E-state index contributed by atoms with van der Waals surface area (Å²) in [6, 6.07) is 0. The van der Waals surface area contributed by atoms with Crippen molar-refractivity contribution in [1.82, 2.24) is 19.6 Å². The van der Waals surface area contributed by atoms with E-state index in [1.54, 1.807) is 6.92 Å². The lowest BCUT2D eigenvalue weighted by Crippen LogP contribution is -2.64. The van der Waals surface area contributed by atoms with Crippen LogP contribution in [-0.4, -0.2) is 61.9 Å². The molecule has 1 spiro atoms. The molecule has 1 aromatic rings. The molecular formula is C18H30N4O2. The van der Waals surface area contributed by atoms with Crippen molar-refractivity contribution in [1.29, 1.82) is 0 Å². The fourth-order valence-corrected chi connectivity index (χ4v) is 4.32. The summed E-state index contributed by atoms with van der Waals surface area (Å²) in [6.45, 7) is 9.28. The van der Waals surface area contributed by atoms with Crippen LogP contribution in [0.15, 0.2) is 12.4 Å². The molecule has 134 valence electrons. The molecule has 24 heavy (non-hydrogen) atoms. The molecule has 6 heteroatoms. The molecule has 0 aromatic carbocycles. The lowest BCUT2D eigenvalue weighted by atomic mass is 9.67. The number of piperidine rings is 2. The van der Waals surface area contributed by atoms with E-state index in [4.69, 9.17) is 0 Å². The first-order valence-corrected chi connectivity index (χ1v) is 8.88. The van der Waals surface area contributed by atoms with Crippen molar-refractivity contribution >= 4 is 5.91 Å². The molecule has 1 unspecified atom stereocenters. The van der Waals surface area contributed by atoms with Crippen LogP contribution >= 0.6 is 0 Å². The number of hydrogen-bond donors (Lipinski definition) is 1. The van der Waals surface area contributed by atoms with Crippen LogP contribution in [0.2, 0.25) is 0 Å². The van der Waals surface area contributed by atoms with Crippen LogP contribution in [0, 0.1) is 5.41 Å². The summed E-state index contributed by atoms with van der Waals surface area (Å²) in [4.78, 5) is 16.4. The largest absolute Gasteiger partial charge is 0.391 e. The Labute approximate surface area is 144 Å². The Hall–Kier alpha value is -1.40. The molecule has 0 bridgehead atoms. The van der Waals surface area contributed by atoms with Crippen molar-refractivity contribution in [2.75, 3.05) is 19.6 Å². The van der Waals surface area contributed by atoms with Crippen LogP contribution in [0.3, 0.4) is 0 Å². The van der Waals surface area contributed by atoms with Gasteiger partial charge in [-0.25, -0.2) is 0 Å². The molecule has 1 N–H and O–H groups in total. The Balaban J connectivity index is 1.65. The summed E-state index contributed by atoms with van der Waals surface area (Å²) < 4.78 is 1.84. The highest BCUT2D eigenvalue weighted by Gasteiger charge is 2.50. The second kappa shape index (κ2) is 6.15. The van der Waals surface area contributed by atoms with Crippen LogP contribution in [0.25, 0.3) is 0 Å². The third-order valence-corrected chi connectivity index (χ3v) is 6.09. The van der Waals surface area contributed by atoms with E-state index in [0.717, 1.165) is 45.4 Å². The van der Waals surface area contributed by atoms with Crippen LogP contribution in [0.5, 0.6) is 0 Å². The van der Waals surface area contributed by atoms with Gasteiger partial charge in [-0.05, 0) is 51.6 Å². The molecule has 1 atom stereocenters. The van der Waals surface area contributed by atoms with Crippen molar-refractivity contribution < 1.29 is 9.90 Å². The van der Waals surface area contributed by atoms with Crippen molar-refractivity contribution in [2.45, 2.75) is 58.2 Å². The summed E-state index contributed by atoms with van der Waals surface area (Å²) in [5.41, 5.74) is 0.833. The first kappa shape index (κ1) is 17.4. The number of rotatable bonds is 2. The average molecular weight is 334 g/mol. The van der Waals surface area contributed by atoms with Gasteiger partial charge in [0, 0.05) is 38.8 Å². The van der Waals surface area contributed by atoms with Gasteiger partial charge in [0.1, 0.15) is 0 Å². The lowest BCUT2D eigenvalue weighted by molar-refractivity contribution is -0.157. The van der Waals surface area contributed by atoms with E-state index in [-0.39, 0.29) is 11.3 Å². The zero-order chi connectivity index (χ0) is 17.5. The van der Waals surface area contributed by atoms with Crippen molar-refractivity contribution in [3.63, 3.8) is 0 Å². The van der Waals surface area contributed by atoms with E-state index in [0.29, 0.717) is 0 Å². The van der Waals surface area contributed by atoms with Gasteiger partial charge in [-0.1, -0.05) is 0 Å². The molecule has 2 aliphatic rings. The Kier molecular flexibility index (Phi) is 4.47. The fraction of sp³-hybridized carbons (Fsp3) is 0.778. The van der Waals surface area contributed by atoms with Gasteiger partial charge in [-0.2, -0.15) is 5.10 Å². The van der Waals surface area contributed by atoms with Gasteiger partial charge in [0.25, 0.3) is 0 Å². The number of aryl methyl sites for hydroxylation is 1. The summed E-state index contributed by atoms with van der Waals surface area (Å²) in [7, 11) is 1.94. The molecule has 3 rings (SSSR count). The Morgan fingerprint density at radius 3 is 2.58 bits per heavy atom. The molecule has 3 heterocycles. The molecular weight excluding hydrogens is 304 g/mol. The number of likely N-dealkylation sites (tertiary alicyclic amines) is 2. The van der Waals surface area contributed by atoms with Gasteiger partial charge in [-0.15, -0.1) is 0 Å². The number of carbonyl (C=O) groups excluding carboxylic acids is 1. The molecule has 2 fully saturated rings. The Morgan fingerprint density at radius 1 is 1.38 bits per heavy atom. The predicted octanol–water partition coefficient (Wildman–Crippen LogP) is 1.39. The maximum atomic E-state index is 12.1. The SMILES string of the molecule is CC(=O)N1CC2(CCN(Cc3cnn(C)c3)CC2)CC(O)C1(C)C.